The van der Waals surface area contributed by atoms with Crippen molar-refractivity contribution < 1.29 is 9.09 Å². The Kier molecular flexibility index (Phi) is 3.15. The molecule has 74 valence electrons. The van der Waals surface area contributed by atoms with Gasteiger partial charge in [-0.25, -0.2) is 9.34 Å². The van der Waals surface area contributed by atoms with Gasteiger partial charge in [-0.2, -0.15) is 0 Å². The van der Waals surface area contributed by atoms with E-state index in [1.807, 2.05) is 0 Å². The summed E-state index contributed by atoms with van der Waals surface area (Å²) in [5, 5.41) is 0. The summed E-state index contributed by atoms with van der Waals surface area (Å²) in [7, 11) is 2.15. The van der Waals surface area contributed by atoms with Crippen molar-refractivity contribution in [3.05, 3.63) is 0 Å². The number of hydrogen-bond donors (Lipinski definition) is 0. The summed E-state index contributed by atoms with van der Waals surface area (Å²) in [6.45, 7) is 0.713. The Hall–Kier alpha value is -0.330. The number of terminal acetylenes is 1. The summed E-state index contributed by atoms with van der Waals surface area (Å²) in [4.78, 5) is 0. The predicted octanol–water partition coefficient (Wildman–Crippen LogP) is 1.01. The summed E-state index contributed by atoms with van der Waals surface area (Å²) in [6, 6.07) is -0.0815. The quantitative estimate of drug-likeness (QED) is 0.469. The molecule has 13 heavy (non-hydrogen) atoms. The van der Waals surface area contributed by atoms with E-state index in [9.17, 15) is 4.57 Å². The Bertz CT molecular complexity index is 274. The van der Waals surface area contributed by atoms with E-state index >= 15 is 0 Å². The lowest BCUT2D eigenvalue weighted by atomic mass is 10.2. The molecular weight excluding hydrogens is 187 g/mol. The van der Waals surface area contributed by atoms with Crippen LogP contribution in [0.4, 0.5) is 0 Å². The van der Waals surface area contributed by atoms with Crippen LogP contribution in [0.3, 0.4) is 0 Å². The largest absolute Gasteiger partial charge is 0.346 e. The minimum Gasteiger partial charge on any atom is -0.309 e. The summed E-state index contributed by atoms with van der Waals surface area (Å²) in [6.07, 6.45) is 6.16. The fourth-order valence-electron chi connectivity index (χ4n) is 1.50. The molecular formula is C8H15N2O2P. The summed E-state index contributed by atoms with van der Waals surface area (Å²) in [5.41, 5.74) is 0. The smallest absolute Gasteiger partial charge is 0.309 e. The van der Waals surface area contributed by atoms with Crippen LogP contribution in [0.25, 0.3) is 0 Å². The highest BCUT2D eigenvalue weighted by molar-refractivity contribution is 7.54. The maximum absolute atomic E-state index is 12.2. The van der Waals surface area contributed by atoms with E-state index in [1.165, 1.54) is 7.11 Å². The fourth-order valence-corrected chi connectivity index (χ4v) is 3.42. The minimum atomic E-state index is -2.82. The molecule has 1 saturated heterocycles. The van der Waals surface area contributed by atoms with Gasteiger partial charge in [-0.15, -0.1) is 6.42 Å². The molecule has 0 N–H and O–H groups in total. The van der Waals surface area contributed by atoms with Crippen molar-refractivity contribution in [1.29, 1.82) is 0 Å². The van der Waals surface area contributed by atoms with Gasteiger partial charge in [0.1, 0.15) is 0 Å². The SMILES string of the molecule is C#CC1CCN(C)P(=O)(OC)N1C. The highest BCUT2D eigenvalue weighted by Crippen LogP contribution is 2.55. The third-order valence-electron chi connectivity index (χ3n) is 2.44. The van der Waals surface area contributed by atoms with Crippen LogP contribution in [0, 0.1) is 12.3 Å². The molecule has 0 spiro atoms. The molecule has 0 radical (unpaired) electrons. The first-order valence-electron chi connectivity index (χ1n) is 4.13. The molecule has 2 unspecified atom stereocenters. The lowest BCUT2D eigenvalue weighted by Gasteiger charge is -2.40. The first kappa shape index (κ1) is 10.7. The zero-order valence-corrected chi connectivity index (χ0v) is 9.12. The highest BCUT2D eigenvalue weighted by atomic mass is 31.2. The number of hydrogen-bond acceptors (Lipinski definition) is 2. The summed E-state index contributed by atoms with van der Waals surface area (Å²) in [5.74, 6) is 2.61. The van der Waals surface area contributed by atoms with Crippen LogP contribution < -0.4 is 0 Å². The van der Waals surface area contributed by atoms with Crippen LogP contribution in [-0.4, -0.2) is 43.1 Å². The maximum Gasteiger partial charge on any atom is 0.346 e. The lowest BCUT2D eigenvalue weighted by Crippen LogP contribution is -2.41. The molecule has 4 nitrogen and oxygen atoms in total. The van der Waals surface area contributed by atoms with Crippen molar-refractivity contribution in [3.8, 4) is 12.3 Å². The Morgan fingerprint density at radius 3 is 2.69 bits per heavy atom. The van der Waals surface area contributed by atoms with Gasteiger partial charge in [0.05, 0.1) is 6.04 Å². The Labute approximate surface area is 79.4 Å². The predicted molar refractivity (Wildman–Crippen MR) is 52.2 cm³/mol. The zero-order valence-electron chi connectivity index (χ0n) is 8.23. The topological polar surface area (TPSA) is 32.8 Å². The maximum atomic E-state index is 12.2. The van der Waals surface area contributed by atoms with E-state index in [4.69, 9.17) is 10.9 Å². The first-order chi connectivity index (χ1) is 6.06. The molecule has 0 amide bonds. The van der Waals surface area contributed by atoms with E-state index in [-0.39, 0.29) is 6.04 Å². The second-order valence-corrected chi connectivity index (χ2v) is 5.76. The molecule has 1 heterocycles. The van der Waals surface area contributed by atoms with E-state index < -0.39 is 7.67 Å². The zero-order chi connectivity index (χ0) is 10.1. The van der Waals surface area contributed by atoms with Gasteiger partial charge in [0.25, 0.3) is 0 Å². The van der Waals surface area contributed by atoms with E-state index in [0.717, 1.165) is 6.42 Å². The summed E-state index contributed by atoms with van der Waals surface area (Å²) < 4.78 is 20.6. The van der Waals surface area contributed by atoms with E-state index in [1.54, 1.807) is 23.4 Å². The summed E-state index contributed by atoms with van der Waals surface area (Å²) >= 11 is 0. The third-order valence-corrected chi connectivity index (χ3v) is 5.05. The van der Waals surface area contributed by atoms with E-state index in [0.29, 0.717) is 6.54 Å². The standard InChI is InChI=1S/C8H15N2O2P/c1-5-8-6-7-9(2)13(11,12-4)10(8)3/h1,8H,6-7H2,2-4H3. The van der Waals surface area contributed by atoms with Gasteiger partial charge in [-0.3, -0.25) is 4.57 Å². The monoisotopic (exact) mass is 202 g/mol. The van der Waals surface area contributed by atoms with Gasteiger partial charge in [-0.05, 0) is 20.5 Å². The minimum absolute atomic E-state index is 0.0815. The molecule has 1 aliphatic rings. The Balaban J connectivity index is 2.92. The van der Waals surface area contributed by atoms with Crippen molar-refractivity contribution in [2.75, 3.05) is 27.7 Å². The molecule has 0 aromatic rings. The average molecular weight is 202 g/mol. The average Bonchev–Trinajstić information content (AvgIpc) is 2.15. The lowest BCUT2D eigenvalue weighted by molar-refractivity contribution is 0.216. The third kappa shape index (κ3) is 1.66. The van der Waals surface area contributed by atoms with Gasteiger partial charge in [-0.1, -0.05) is 5.92 Å². The van der Waals surface area contributed by atoms with Gasteiger partial charge in [0.2, 0.25) is 0 Å². The fraction of sp³-hybridized carbons (Fsp3) is 0.750. The number of nitrogens with zero attached hydrogens (tertiary/aromatic N) is 2. The van der Waals surface area contributed by atoms with Crippen LogP contribution in [0.5, 0.6) is 0 Å². The molecule has 0 aromatic heterocycles. The van der Waals surface area contributed by atoms with Crippen LogP contribution in [0.1, 0.15) is 6.42 Å². The molecule has 0 aromatic carbocycles. The van der Waals surface area contributed by atoms with Gasteiger partial charge in [0.15, 0.2) is 0 Å². The molecule has 1 aliphatic heterocycles. The van der Waals surface area contributed by atoms with Crippen LogP contribution in [-0.2, 0) is 9.09 Å². The van der Waals surface area contributed by atoms with Crippen molar-refractivity contribution >= 4 is 7.67 Å². The molecule has 1 fully saturated rings. The molecule has 1 rings (SSSR count). The molecule has 0 bridgehead atoms. The second kappa shape index (κ2) is 3.81. The molecule has 2 atom stereocenters. The second-order valence-electron chi connectivity index (χ2n) is 3.10. The normalized spacial score (nSPS) is 37.2. The first-order valence-corrected chi connectivity index (χ1v) is 5.66. The molecule has 5 heteroatoms. The van der Waals surface area contributed by atoms with Crippen molar-refractivity contribution in [3.63, 3.8) is 0 Å². The van der Waals surface area contributed by atoms with Crippen LogP contribution in [0.15, 0.2) is 0 Å². The van der Waals surface area contributed by atoms with Crippen LogP contribution >= 0.6 is 7.67 Å². The van der Waals surface area contributed by atoms with Gasteiger partial charge < -0.3 is 4.52 Å². The van der Waals surface area contributed by atoms with Crippen molar-refractivity contribution in [2.45, 2.75) is 12.5 Å². The highest BCUT2D eigenvalue weighted by Gasteiger charge is 2.40. The van der Waals surface area contributed by atoms with Crippen molar-refractivity contribution in [2.24, 2.45) is 0 Å². The van der Waals surface area contributed by atoms with Gasteiger partial charge in [0, 0.05) is 13.7 Å². The Morgan fingerprint density at radius 1 is 1.62 bits per heavy atom. The molecule has 0 aliphatic carbocycles. The molecule has 0 saturated carbocycles. The van der Waals surface area contributed by atoms with E-state index in [2.05, 4.69) is 5.92 Å². The number of rotatable bonds is 1. The van der Waals surface area contributed by atoms with Crippen LogP contribution in [0.2, 0.25) is 0 Å². The van der Waals surface area contributed by atoms with Gasteiger partial charge >= 0.3 is 7.67 Å². The van der Waals surface area contributed by atoms with Crippen molar-refractivity contribution in [1.82, 2.24) is 9.34 Å². The Morgan fingerprint density at radius 2 is 2.23 bits per heavy atom.